The summed E-state index contributed by atoms with van der Waals surface area (Å²) in [5, 5.41) is 14.1. The van der Waals surface area contributed by atoms with Crippen LogP contribution in [0.3, 0.4) is 0 Å². The van der Waals surface area contributed by atoms with Gasteiger partial charge in [0.15, 0.2) is 0 Å². The van der Waals surface area contributed by atoms with Gasteiger partial charge >= 0.3 is 0 Å². The van der Waals surface area contributed by atoms with Crippen LogP contribution in [-0.2, 0) is 0 Å². The number of aliphatic hydroxyl groups is 1. The van der Waals surface area contributed by atoms with Crippen molar-refractivity contribution >= 4 is 11.8 Å². The fourth-order valence-electron chi connectivity index (χ4n) is 3.21. The van der Waals surface area contributed by atoms with Gasteiger partial charge in [0.1, 0.15) is 0 Å². The van der Waals surface area contributed by atoms with Gasteiger partial charge in [0.05, 0.1) is 6.61 Å². The maximum absolute atomic E-state index is 9.86. The van der Waals surface area contributed by atoms with Crippen LogP contribution in [0.25, 0.3) is 0 Å². The molecule has 1 aromatic carbocycles. The first-order valence-electron chi connectivity index (χ1n) is 7.65. The molecule has 0 amide bonds. The van der Waals surface area contributed by atoms with Crippen LogP contribution in [0.1, 0.15) is 45.1 Å². The Labute approximate surface area is 127 Å². The Morgan fingerprint density at radius 2 is 2.15 bits per heavy atom. The van der Waals surface area contributed by atoms with Gasteiger partial charge in [-0.1, -0.05) is 38.5 Å². The van der Waals surface area contributed by atoms with Crippen LogP contribution in [0.4, 0.5) is 0 Å². The standard InChI is InChI=1S/C17H27NOS/c1-13(2)18-17(12-19)10-6-8-15(11-17)20-16-9-5-4-7-14(16)3/h4-5,7,9,13,15,18-19H,6,8,10-12H2,1-3H3. The number of hydrogen-bond donors (Lipinski definition) is 2. The van der Waals surface area contributed by atoms with Gasteiger partial charge < -0.3 is 10.4 Å². The van der Waals surface area contributed by atoms with E-state index in [-0.39, 0.29) is 12.1 Å². The maximum atomic E-state index is 9.86. The summed E-state index contributed by atoms with van der Waals surface area (Å²) in [4.78, 5) is 1.38. The SMILES string of the molecule is Cc1ccccc1SC1CCCC(CO)(NC(C)C)C1. The van der Waals surface area contributed by atoms with Crippen molar-refractivity contribution in [1.29, 1.82) is 0 Å². The largest absolute Gasteiger partial charge is 0.394 e. The fraction of sp³-hybridized carbons (Fsp3) is 0.647. The molecular weight excluding hydrogens is 266 g/mol. The van der Waals surface area contributed by atoms with E-state index < -0.39 is 0 Å². The molecule has 0 heterocycles. The predicted molar refractivity (Wildman–Crippen MR) is 87.4 cm³/mol. The van der Waals surface area contributed by atoms with E-state index in [4.69, 9.17) is 0 Å². The van der Waals surface area contributed by atoms with Gasteiger partial charge in [-0.25, -0.2) is 0 Å². The van der Waals surface area contributed by atoms with Crippen molar-refractivity contribution in [2.75, 3.05) is 6.61 Å². The first-order chi connectivity index (χ1) is 9.54. The molecule has 2 atom stereocenters. The van der Waals surface area contributed by atoms with Crippen LogP contribution in [-0.4, -0.2) is 28.5 Å². The molecule has 0 bridgehead atoms. The minimum atomic E-state index is -0.0766. The minimum absolute atomic E-state index is 0.0766. The molecule has 1 aliphatic carbocycles. The highest BCUT2D eigenvalue weighted by Gasteiger charge is 2.36. The molecule has 2 rings (SSSR count). The summed E-state index contributed by atoms with van der Waals surface area (Å²) >= 11 is 1.98. The molecule has 0 aromatic heterocycles. The summed E-state index contributed by atoms with van der Waals surface area (Å²) < 4.78 is 0. The molecule has 2 nitrogen and oxygen atoms in total. The summed E-state index contributed by atoms with van der Waals surface area (Å²) in [6.07, 6.45) is 4.59. The van der Waals surface area contributed by atoms with E-state index in [2.05, 4.69) is 50.4 Å². The Kier molecular flexibility index (Phi) is 5.53. The van der Waals surface area contributed by atoms with E-state index in [9.17, 15) is 5.11 Å². The monoisotopic (exact) mass is 293 g/mol. The summed E-state index contributed by atoms with van der Waals surface area (Å²) in [7, 11) is 0. The van der Waals surface area contributed by atoms with Gasteiger partial charge in [-0.3, -0.25) is 0 Å². The predicted octanol–water partition coefficient (Wildman–Crippen LogP) is 3.76. The molecule has 0 saturated heterocycles. The molecule has 2 unspecified atom stereocenters. The summed E-state index contributed by atoms with van der Waals surface area (Å²) in [6, 6.07) is 9.02. The average molecular weight is 293 g/mol. The van der Waals surface area contributed by atoms with Crippen molar-refractivity contribution in [3.8, 4) is 0 Å². The number of aliphatic hydroxyl groups excluding tert-OH is 1. The summed E-state index contributed by atoms with van der Waals surface area (Å²) in [6.45, 7) is 6.75. The molecule has 112 valence electrons. The molecular formula is C17H27NOS. The number of hydrogen-bond acceptors (Lipinski definition) is 3. The first kappa shape index (κ1) is 15.9. The van der Waals surface area contributed by atoms with Crippen molar-refractivity contribution in [2.45, 2.75) is 68.2 Å². The molecule has 1 fully saturated rings. The quantitative estimate of drug-likeness (QED) is 0.867. The zero-order valence-corrected chi connectivity index (χ0v) is 13.7. The van der Waals surface area contributed by atoms with Crippen LogP contribution in [0.2, 0.25) is 0 Å². The average Bonchev–Trinajstić information content (AvgIpc) is 2.41. The summed E-state index contributed by atoms with van der Waals surface area (Å²) in [5.41, 5.74) is 1.28. The number of benzene rings is 1. The Bertz CT molecular complexity index is 435. The normalized spacial score (nSPS) is 26.9. The molecule has 1 saturated carbocycles. The first-order valence-corrected chi connectivity index (χ1v) is 8.53. The Hall–Kier alpha value is -0.510. The second-order valence-corrected chi connectivity index (χ2v) is 7.68. The van der Waals surface area contributed by atoms with Crippen LogP contribution in [0.5, 0.6) is 0 Å². The van der Waals surface area contributed by atoms with Crippen molar-refractivity contribution in [3.05, 3.63) is 29.8 Å². The fourth-order valence-corrected chi connectivity index (χ4v) is 4.67. The van der Waals surface area contributed by atoms with Crippen molar-refractivity contribution in [3.63, 3.8) is 0 Å². The zero-order valence-electron chi connectivity index (χ0n) is 12.9. The van der Waals surface area contributed by atoms with Crippen molar-refractivity contribution < 1.29 is 5.11 Å². The number of nitrogens with one attached hydrogen (secondary N) is 1. The second kappa shape index (κ2) is 6.97. The van der Waals surface area contributed by atoms with E-state index in [1.54, 1.807) is 0 Å². The van der Waals surface area contributed by atoms with Gasteiger partial charge in [-0.05, 0) is 37.8 Å². The van der Waals surface area contributed by atoms with E-state index >= 15 is 0 Å². The van der Waals surface area contributed by atoms with Gasteiger partial charge in [-0.2, -0.15) is 0 Å². The van der Waals surface area contributed by atoms with Gasteiger partial charge in [0, 0.05) is 21.7 Å². The lowest BCUT2D eigenvalue weighted by Gasteiger charge is -2.41. The van der Waals surface area contributed by atoms with E-state index in [1.165, 1.54) is 23.3 Å². The zero-order chi connectivity index (χ0) is 14.6. The van der Waals surface area contributed by atoms with Crippen LogP contribution in [0.15, 0.2) is 29.2 Å². The highest BCUT2D eigenvalue weighted by Crippen LogP contribution is 2.39. The molecule has 2 N–H and O–H groups in total. The van der Waals surface area contributed by atoms with Crippen LogP contribution >= 0.6 is 11.8 Å². The molecule has 1 aromatic rings. The number of rotatable bonds is 5. The van der Waals surface area contributed by atoms with Gasteiger partial charge in [0.2, 0.25) is 0 Å². The highest BCUT2D eigenvalue weighted by molar-refractivity contribution is 8.00. The maximum Gasteiger partial charge on any atom is 0.0613 e. The minimum Gasteiger partial charge on any atom is -0.394 e. The number of thioether (sulfide) groups is 1. The van der Waals surface area contributed by atoms with E-state index in [1.807, 2.05) is 11.8 Å². The highest BCUT2D eigenvalue weighted by atomic mass is 32.2. The third kappa shape index (κ3) is 4.00. The topological polar surface area (TPSA) is 32.3 Å². The Morgan fingerprint density at radius 3 is 2.80 bits per heavy atom. The number of aryl methyl sites for hydroxylation is 1. The second-order valence-electron chi connectivity index (χ2n) is 6.34. The summed E-state index contributed by atoms with van der Waals surface area (Å²) in [5.74, 6) is 0. The van der Waals surface area contributed by atoms with E-state index in [0.29, 0.717) is 11.3 Å². The lowest BCUT2D eigenvalue weighted by Crippen LogP contribution is -2.54. The Morgan fingerprint density at radius 1 is 1.40 bits per heavy atom. The third-order valence-electron chi connectivity index (χ3n) is 4.08. The van der Waals surface area contributed by atoms with Gasteiger partial charge in [-0.15, -0.1) is 11.8 Å². The molecule has 0 spiro atoms. The van der Waals surface area contributed by atoms with Crippen molar-refractivity contribution in [2.24, 2.45) is 0 Å². The molecule has 0 radical (unpaired) electrons. The van der Waals surface area contributed by atoms with Gasteiger partial charge in [0.25, 0.3) is 0 Å². The Balaban J connectivity index is 2.04. The lowest BCUT2D eigenvalue weighted by molar-refractivity contribution is 0.115. The molecule has 3 heteroatoms. The molecule has 1 aliphatic rings. The third-order valence-corrected chi connectivity index (χ3v) is 5.53. The van der Waals surface area contributed by atoms with Crippen molar-refractivity contribution in [1.82, 2.24) is 5.32 Å². The van der Waals surface area contributed by atoms with Crippen LogP contribution in [0, 0.1) is 6.92 Å². The van der Waals surface area contributed by atoms with E-state index in [0.717, 1.165) is 12.8 Å². The molecule has 20 heavy (non-hydrogen) atoms. The lowest BCUT2D eigenvalue weighted by atomic mass is 9.81. The molecule has 0 aliphatic heterocycles. The van der Waals surface area contributed by atoms with Crippen LogP contribution < -0.4 is 5.32 Å². The smallest absolute Gasteiger partial charge is 0.0613 e.